The molecule has 28 nitrogen and oxygen atoms in total. The quantitative estimate of drug-likeness (QED) is 0.0462. The fourth-order valence-electron chi connectivity index (χ4n) is 11.9. The van der Waals surface area contributed by atoms with E-state index >= 15 is 0 Å². The minimum atomic E-state index is -0.695. The molecule has 3 fully saturated rings. The van der Waals surface area contributed by atoms with Crippen molar-refractivity contribution in [1.82, 2.24) is 69.9 Å². The molecule has 5 aliphatic heterocycles. The second kappa shape index (κ2) is 24.1. The maximum absolute atomic E-state index is 14.3. The number of carbonyl (C=O) groups excluding carboxylic acids is 4. The van der Waals surface area contributed by atoms with E-state index in [-0.39, 0.29) is 59.7 Å². The molecule has 2 saturated heterocycles. The number of nitrogens with zero attached hydrogens (tertiary/aromatic N) is 12. The van der Waals surface area contributed by atoms with Gasteiger partial charge in [-0.1, -0.05) is 18.2 Å². The second-order valence-corrected chi connectivity index (χ2v) is 25.8. The van der Waals surface area contributed by atoms with Crippen LogP contribution in [0.25, 0.3) is 33.8 Å². The summed E-state index contributed by atoms with van der Waals surface area (Å²) in [6, 6.07) is 21.5. The van der Waals surface area contributed by atoms with Crippen LogP contribution in [0.15, 0.2) is 110 Å². The Bertz CT molecular complexity index is 4510. The van der Waals surface area contributed by atoms with Crippen LogP contribution in [0.1, 0.15) is 101 Å². The summed E-state index contributed by atoms with van der Waals surface area (Å²) in [5.41, 5.74) is 5.33. The molecule has 3 atom stereocenters. The first kappa shape index (κ1) is 60.2. The topological polar surface area (TPSA) is 324 Å². The van der Waals surface area contributed by atoms with Crippen molar-refractivity contribution in [1.29, 1.82) is 0 Å². The average Bonchev–Trinajstić information content (AvgIpc) is 1.67. The monoisotopic (exact) mass is 1290 g/mol. The van der Waals surface area contributed by atoms with Crippen LogP contribution in [0.3, 0.4) is 0 Å². The number of fused-ring (bicyclic) bond motifs is 3. The van der Waals surface area contributed by atoms with Crippen LogP contribution in [0, 0.1) is 0 Å². The van der Waals surface area contributed by atoms with E-state index in [4.69, 9.17) is 53.1 Å². The van der Waals surface area contributed by atoms with Gasteiger partial charge in [0.1, 0.15) is 69.8 Å². The number of anilines is 3. The van der Waals surface area contributed by atoms with Crippen molar-refractivity contribution in [2.24, 2.45) is 7.05 Å². The van der Waals surface area contributed by atoms with Gasteiger partial charge < -0.3 is 59.7 Å². The molecule has 0 aromatic carbocycles. The van der Waals surface area contributed by atoms with Crippen LogP contribution >= 0.6 is 0 Å². The minimum Gasteiger partial charge on any atom is -0.474 e. The van der Waals surface area contributed by atoms with Crippen LogP contribution in [-0.2, 0) is 44.1 Å². The summed E-state index contributed by atoms with van der Waals surface area (Å²) in [6.45, 7) is 10.3. The third-order valence-electron chi connectivity index (χ3n) is 17.2. The first-order valence-electron chi connectivity index (χ1n) is 31.6. The molecule has 9 aromatic heterocycles. The normalized spacial score (nSPS) is 19.7. The maximum atomic E-state index is 14.3. The van der Waals surface area contributed by atoms with Gasteiger partial charge in [0.05, 0.1) is 42.2 Å². The Hall–Kier alpha value is -11.0. The van der Waals surface area contributed by atoms with Crippen molar-refractivity contribution < 1.29 is 52.3 Å². The Morgan fingerprint density at radius 1 is 0.547 bits per heavy atom. The zero-order chi connectivity index (χ0) is 65.2. The number of aryl methyl sites for hydroxylation is 3. The van der Waals surface area contributed by atoms with Crippen LogP contribution in [0.4, 0.5) is 22.2 Å². The van der Waals surface area contributed by atoms with Gasteiger partial charge in [0.25, 0.3) is 17.7 Å². The molecule has 95 heavy (non-hydrogen) atoms. The summed E-state index contributed by atoms with van der Waals surface area (Å²) in [5, 5.41) is 28.2. The molecule has 0 bridgehead atoms. The fourth-order valence-corrected chi connectivity index (χ4v) is 11.9. The molecule has 3 unspecified atom stereocenters. The number of rotatable bonds is 21. The molecular formula is C67H67N17O11. The lowest BCUT2D eigenvalue weighted by Crippen LogP contribution is -2.50. The third-order valence-corrected chi connectivity index (χ3v) is 17.2. The van der Waals surface area contributed by atoms with Gasteiger partial charge in [0, 0.05) is 117 Å². The van der Waals surface area contributed by atoms with Crippen LogP contribution < -0.4 is 55.0 Å². The van der Waals surface area contributed by atoms with Crippen molar-refractivity contribution >= 4 is 41.3 Å². The van der Waals surface area contributed by atoms with Crippen molar-refractivity contribution in [3.05, 3.63) is 143 Å². The van der Waals surface area contributed by atoms with Gasteiger partial charge in [-0.15, -0.1) is 0 Å². The predicted molar refractivity (Wildman–Crippen MR) is 342 cm³/mol. The van der Waals surface area contributed by atoms with E-state index in [1.807, 2.05) is 93.0 Å². The van der Waals surface area contributed by atoms with Gasteiger partial charge in [-0.05, 0) is 95.1 Å². The van der Waals surface area contributed by atoms with Crippen LogP contribution in [0.2, 0.25) is 0 Å². The van der Waals surface area contributed by atoms with Crippen LogP contribution in [-0.4, -0.2) is 144 Å². The molecule has 14 heterocycles. The van der Waals surface area contributed by atoms with E-state index in [1.165, 1.54) is 0 Å². The Balaban J connectivity index is 0.569. The summed E-state index contributed by atoms with van der Waals surface area (Å²) in [7, 11) is 1.83. The second-order valence-electron chi connectivity index (χ2n) is 25.8. The molecule has 4 amide bonds. The van der Waals surface area contributed by atoms with Crippen molar-refractivity contribution in [3.63, 3.8) is 0 Å². The van der Waals surface area contributed by atoms with E-state index in [0.29, 0.717) is 110 Å². The van der Waals surface area contributed by atoms with E-state index < -0.39 is 46.7 Å². The first-order chi connectivity index (χ1) is 45.8. The Kier molecular flexibility index (Phi) is 15.3. The third kappa shape index (κ3) is 13.2. The largest absolute Gasteiger partial charge is 0.474 e. The first-order valence-corrected chi connectivity index (χ1v) is 31.6. The zero-order valence-electron chi connectivity index (χ0n) is 52.7. The Morgan fingerprint density at radius 2 is 0.989 bits per heavy atom. The smallest absolute Gasteiger partial charge is 0.407 e. The van der Waals surface area contributed by atoms with E-state index in [0.717, 1.165) is 46.2 Å². The maximum Gasteiger partial charge on any atom is 0.407 e. The molecule has 1 aliphatic carbocycles. The number of alkyl carbamates (subject to hydrolysis) is 1. The molecule has 0 spiro atoms. The number of pyridine rings is 6. The predicted octanol–water partition coefficient (Wildman–Crippen LogP) is 7.60. The number of hydrogen-bond acceptors (Lipinski definition) is 21. The number of hydrogen-bond donors (Lipinski definition) is 5. The highest BCUT2D eigenvalue weighted by Gasteiger charge is 2.41. The zero-order valence-corrected chi connectivity index (χ0v) is 52.7. The highest BCUT2D eigenvalue weighted by Crippen LogP contribution is 2.43. The molecule has 9 aromatic rings. The van der Waals surface area contributed by atoms with Gasteiger partial charge in [-0.25, -0.2) is 19.7 Å². The summed E-state index contributed by atoms with van der Waals surface area (Å²) >= 11 is 0. The van der Waals surface area contributed by atoms with Gasteiger partial charge in [-0.2, -0.15) is 30.2 Å². The molecule has 1 saturated carbocycles. The summed E-state index contributed by atoms with van der Waals surface area (Å²) < 4.78 is 48.2. The summed E-state index contributed by atoms with van der Waals surface area (Å²) in [4.78, 5) is 82.3. The molecule has 486 valence electrons. The molecule has 0 radical (unpaired) electrons. The SMILES string of the molecule is Cn1cc(-c2cccc(NC(=O)c3cc4c(nc3OC3CNC3)OC(C)(CCn3cc(-c5cccc(NC(=O)c6cc7c(nc6OC6CC6)OC(C)(CCn6cc(-c8cccc(NC(=O)c9cc%10c(nc9OC9CNC(=O)OC9)OC(C)(C)C%10)n8)cn6)C7)n5)cn3)C4)n2)cn1. The fraction of sp³-hybridized carbons (Fsp3) is 0.358. The minimum absolute atomic E-state index is 0.00755. The van der Waals surface area contributed by atoms with Gasteiger partial charge >= 0.3 is 6.09 Å². The lowest BCUT2D eigenvalue weighted by molar-refractivity contribution is 0.0524. The van der Waals surface area contributed by atoms with E-state index in [9.17, 15) is 19.2 Å². The summed E-state index contributed by atoms with van der Waals surface area (Å²) in [5.74, 6) is 1.34. The van der Waals surface area contributed by atoms with Crippen molar-refractivity contribution in [2.45, 2.75) is 121 Å². The number of nitrogens with one attached hydrogen (secondary N) is 5. The molecule has 6 aliphatic rings. The summed E-state index contributed by atoms with van der Waals surface area (Å²) in [6.07, 6.45) is 13.8. The van der Waals surface area contributed by atoms with Gasteiger partial charge in [-0.3, -0.25) is 28.4 Å². The van der Waals surface area contributed by atoms with Crippen molar-refractivity contribution in [2.75, 3.05) is 42.2 Å². The van der Waals surface area contributed by atoms with E-state index in [2.05, 4.69) is 51.8 Å². The Labute approximate surface area is 543 Å². The Morgan fingerprint density at radius 3 is 1.42 bits per heavy atom. The lowest BCUT2D eigenvalue weighted by atomic mass is 9.95. The van der Waals surface area contributed by atoms with E-state index in [1.54, 1.807) is 65.7 Å². The highest BCUT2D eigenvalue weighted by molar-refractivity contribution is 6.07. The van der Waals surface area contributed by atoms with Crippen LogP contribution in [0.5, 0.6) is 35.3 Å². The standard InChI is InChI=1S/C67H67N17O11/c1-65(2)24-37-21-46(63(79-58(37)93-65)92-45-32-69-64(88)89-36-45)55(85)77-53-13-7-10-50(74-53)41-28-71-83(34-41)19-17-66(3)25-38-22-47(61(80-59(38)94-66)90-43-15-16-43)56(86)78-54-14-8-11-51(75-54)42-29-72-84(35-42)20-18-67(4)26-39-23-48(62(81-60(39)95-67)91-44-30-68-31-44)57(87)76-52-12-6-9-49(73-52)40-27-70-82(5)33-40/h6-14,21-23,27-29,33-35,43-45,68H,15-20,24-26,30-32,36H2,1-5H3,(H,69,88)(H,73,76,87)(H,74,77,85)(H,75,78,86). The molecule has 28 heteroatoms. The molecule has 15 rings (SSSR count). The number of cyclic esters (lactones) is 1. The number of amides is 4. The number of carbonyl (C=O) groups is 4. The number of ether oxygens (including phenoxy) is 7. The molecular weight excluding hydrogens is 1220 g/mol. The highest BCUT2D eigenvalue weighted by atomic mass is 16.6. The number of aromatic nitrogens is 12. The van der Waals surface area contributed by atoms with Gasteiger partial charge in [0.15, 0.2) is 6.10 Å². The average molecular weight is 1290 g/mol. The lowest BCUT2D eigenvalue weighted by Gasteiger charge is -2.28. The van der Waals surface area contributed by atoms with Crippen molar-refractivity contribution in [3.8, 4) is 69.1 Å². The molecule has 5 N–H and O–H groups in total. The van der Waals surface area contributed by atoms with Gasteiger partial charge in [0.2, 0.25) is 35.3 Å².